The van der Waals surface area contributed by atoms with Gasteiger partial charge < -0.3 is 8.23 Å². The van der Waals surface area contributed by atoms with Crippen LogP contribution >= 0.6 is 0 Å². The van der Waals surface area contributed by atoms with Gasteiger partial charge in [-0.1, -0.05) is 48.0 Å². The van der Waals surface area contributed by atoms with Gasteiger partial charge in [-0.3, -0.25) is 0 Å². The molecule has 104 valence electrons. The van der Waals surface area contributed by atoms with Crippen LogP contribution < -0.4 is 0 Å². The predicted molar refractivity (Wildman–Crippen MR) is 85.8 cm³/mol. The first-order chi connectivity index (χ1) is 7.62. The molecule has 0 N–H and O–H groups in total. The van der Waals surface area contributed by atoms with Gasteiger partial charge in [0.2, 0.25) is 0 Å². The molecule has 0 bridgehead atoms. The predicted octanol–water partition coefficient (Wildman–Crippen LogP) is 0.828. The summed E-state index contributed by atoms with van der Waals surface area (Å²) < 4.78 is 9.56. The molecule has 5 heteroatoms. The molecule has 0 aromatic rings. The molecule has 0 aromatic carbocycles. The normalized spacial score (nSPS) is 25.8. The van der Waals surface area contributed by atoms with Crippen molar-refractivity contribution in [2.45, 2.75) is 60.8 Å². The summed E-state index contributed by atoms with van der Waals surface area (Å²) in [4.78, 5) is 0. The first-order valence-electron chi connectivity index (χ1n) is 6.60. The van der Waals surface area contributed by atoms with Crippen molar-refractivity contribution in [1.82, 2.24) is 0 Å². The van der Waals surface area contributed by atoms with Crippen molar-refractivity contribution >= 4 is 31.0 Å². The van der Waals surface area contributed by atoms with Crippen LogP contribution in [0.4, 0.5) is 0 Å². The first-order valence-corrected chi connectivity index (χ1v) is 9.39. The lowest BCUT2D eigenvalue weighted by Crippen LogP contribution is -2.47. The molecule has 2 nitrogen and oxygen atoms in total. The Morgan fingerprint density at radius 2 is 1.18 bits per heavy atom. The lowest BCUT2D eigenvalue weighted by atomic mass is 9.49. The van der Waals surface area contributed by atoms with Crippen molar-refractivity contribution in [3.63, 3.8) is 0 Å². The van der Waals surface area contributed by atoms with Gasteiger partial charge in [-0.2, -0.15) is 0 Å². The van der Waals surface area contributed by atoms with Crippen LogP contribution in [0, 0.1) is 16.2 Å². The lowest BCUT2D eigenvalue weighted by Gasteiger charge is -2.56. The van der Waals surface area contributed by atoms with Gasteiger partial charge in [0.15, 0.2) is 0 Å². The van der Waals surface area contributed by atoms with Crippen LogP contribution in [0.5, 0.6) is 0 Å². The van der Waals surface area contributed by atoms with E-state index in [1.54, 1.807) is 0 Å². The summed E-state index contributed by atoms with van der Waals surface area (Å²) in [6.07, 6.45) is 4.19. The average molecular weight is 293 g/mol. The van der Waals surface area contributed by atoms with E-state index < -0.39 is 10.0 Å². The van der Waals surface area contributed by atoms with E-state index in [-0.39, 0.29) is 0 Å². The molecular weight excluding hydrogens is 260 g/mol. The second-order valence-corrected chi connectivity index (χ2v) is 11.8. The van der Waals surface area contributed by atoms with Gasteiger partial charge in [0, 0.05) is 0 Å². The minimum Gasteiger partial charge on any atom is -0.449 e. The molecule has 1 aliphatic rings. The summed E-state index contributed by atoms with van der Waals surface area (Å²) in [6, 6.07) is 0. The molecule has 0 spiro atoms. The summed E-state index contributed by atoms with van der Waals surface area (Å²) in [6.45, 7) is 14.6. The smallest absolute Gasteiger partial charge is 0.282 e. The van der Waals surface area contributed by atoms with Crippen LogP contribution in [-0.4, -0.2) is 31.0 Å². The minimum absolute atomic E-state index is 0.444. The highest BCUT2D eigenvalue weighted by atomic mass is 28.3. The van der Waals surface area contributed by atoms with Crippen LogP contribution in [0.2, 0.25) is 0 Å². The molecule has 1 fully saturated rings. The molecule has 0 radical (unpaired) electrons. The number of hydrogen-bond acceptors (Lipinski definition) is 2. The van der Waals surface area contributed by atoms with Gasteiger partial charge in [0.1, 0.15) is 21.0 Å². The Morgan fingerprint density at radius 1 is 0.824 bits per heavy atom. The van der Waals surface area contributed by atoms with E-state index in [2.05, 4.69) is 41.5 Å². The van der Waals surface area contributed by atoms with E-state index in [4.69, 9.17) is 8.23 Å². The maximum absolute atomic E-state index is 4.78. The Balaban J connectivity index is 0.000000437. The SMILES string of the molecule is CC1(C)CCCC(C)(C)C1(C)C.[SiH3]O[SiH2]O[SiH3]. The Morgan fingerprint density at radius 3 is 1.35 bits per heavy atom. The Bertz CT molecular complexity index is 208. The van der Waals surface area contributed by atoms with Gasteiger partial charge in [-0.05, 0) is 29.1 Å². The Hall–Kier alpha value is 0.571. The average Bonchev–Trinajstić information content (AvgIpc) is 2.17. The first kappa shape index (κ1) is 17.6. The molecule has 0 heterocycles. The Labute approximate surface area is 116 Å². The molecule has 1 saturated carbocycles. The van der Waals surface area contributed by atoms with Crippen LogP contribution in [0.3, 0.4) is 0 Å². The van der Waals surface area contributed by atoms with Crippen molar-refractivity contribution in [2.24, 2.45) is 16.2 Å². The van der Waals surface area contributed by atoms with E-state index in [0.717, 1.165) is 21.0 Å². The van der Waals surface area contributed by atoms with E-state index in [0.29, 0.717) is 16.2 Å². The lowest BCUT2D eigenvalue weighted by molar-refractivity contribution is -0.0646. The zero-order valence-corrected chi connectivity index (χ0v) is 18.6. The van der Waals surface area contributed by atoms with E-state index in [9.17, 15) is 0 Å². The molecule has 0 aromatic heterocycles. The van der Waals surface area contributed by atoms with Crippen LogP contribution in [0.25, 0.3) is 0 Å². The number of hydrogen-bond donors (Lipinski definition) is 0. The molecule has 0 atom stereocenters. The molecule has 0 saturated heterocycles. The molecule has 0 unspecified atom stereocenters. The van der Waals surface area contributed by atoms with Crippen molar-refractivity contribution in [1.29, 1.82) is 0 Å². The fraction of sp³-hybridized carbons (Fsp3) is 1.00. The quantitative estimate of drug-likeness (QED) is 0.702. The molecule has 1 aliphatic carbocycles. The molecule has 0 aliphatic heterocycles. The standard InChI is InChI=1S/C12H24.H8O2Si3/c1-10(2)8-7-9-11(3,4)12(10,5)6;3-1-5-2-4/h7-9H2,1-6H3;5H2,3-4H3. The van der Waals surface area contributed by atoms with Crippen molar-refractivity contribution in [3.05, 3.63) is 0 Å². The van der Waals surface area contributed by atoms with Crippen molar-refractivity contribution in [3.8, 4) is 0 Å². The van der Waals surface area contributed by atoms with Crippen molar-refractivity contribution in [2.75, 3.05) is 0 Å². The fourth-order valence-electron chi connectivity index (χ4n) is 2.63. The Kier molecular flexibility index (Phi) is 6.88. The third kappa shape index (κ3) is 4.31. The fourth-order valence-corrected chi connectivity index (χ4v) is 5.70. The molecule has 1 rings (SSSR count). The highest BCUT2D eigenvalue weighted by molar-refractivity contribution is 6.33. The minimum atomic E-state index is -0.444. The second-order valence-electron chi connectivity index (χ2n) is 6.94. The van der Waals surface area contributed by atoms with Crippen molar-refractivity contribution < 1.29 is 8.23 Å². The molecular formula is C12H32O2Si3. The zero-order chi connectivity index (χ0) is 13.7. The monoisotopic (exact) mass is 292 g/mol. The molecule has 17 heavy (non-hydrogen) atoms. The summed E-state index contributed by atoms with van der Waals surface area (Å²) in [5.74, 6) is 0. The second kappa shape index (κ2) is 6.65. The summed E-state index contributed by atoms with van der Waals surface area (Å²) >= 11 is 0. The molecule has 0 amide bonds. The highest BCUT2D eigenvalue weighted by Gasteiger charge is 2.49. The van der Waals surface area contributed by atoms with E-state index >= 15 is 0 Å². The van der Waals surface area contributed by atoms with Gasteiger partial charge in [0.25, 0.3) is 10.0 Å². The van der Waals surface area contributed by atoms with E-state index in [1.807, 2.05) is 0 Å². The summed E-state index contributed by atoms with van der Waals surface area (Å²) in [5.41, 5.74) is 1.49. The van der Waals surface area contributed by atoms with Gasteiger partial charge in [-0.25, -0.2) is 0 Å². The largest absolute Gasteiger partial charge is 0.449 e. The van der Waals surface area contributed by atoms with E-state index in [1.165, 1.54) is 19.3 Å². The zero-order valence-electron chi connectivity index (χ0n) is 13.1. The topological polar surface area (TPSA) is 18.5 Å². The number of rotatable bonds is 2. The van der Waals surface area contributed by atoms with Gasteiger partial charge in [-0.15, -0.1) is 0 Å². The third-order valence-corrected chi connectivity index (χ3v) is 7.11. The summed E-state index contributed by atoms with van der Waals surface area (Å²) in [7, 11) is 1.27. The summed E-state index contributed by atoms with van der Waals surface area (Å²) in [5, 5.41) is 0. The highest BCUT2D eigenvalue weighted by Crippen LogP contribution is 2.59. The van der Waals surface area contributed by atoms with Gasteiger partial charge in [0.05, 0.1) is 0 Å². The van der Waals surface area contributed by atoms with Crippen LogP contribution in [0.1, 0.15) is 60.8 Å². The van der Waals surface area contributed by atoms with Crippen LogP contribution in [-0.2, 0) is 8.23 Å². The van der Waals surface area contributed by atoms with Gasteiger partial charge >= 0.3 is 0 Å². The maximum Gasteiger partial charge on any atom is 0.282 e. The third-order valence-electron chi connectivity index (χ3n) is 5.22. The maximum atomic E-state index is 4.78. The van der Waals surface area contributed by atoms with Crippen LogP contribution in [0.15, 0.2) is 0 Å².